The molecule has 0 spiro atoms. The summed E-state index contributed by atoms with van der Waals surface area (Å²) in [5.41, 5.74) is 12.0. The molecular formula is H3N3NiP-. The molecule has 0 saturated heterocycles. The largest absolute Gasteiger partial charge is 0.448 e. The first kappa shape index (κ1) is 9.10. The molecule has 34 valence electrons. The number of nitrogens with one attached hydrogen (secondary N) is 3. The summed E-state index contributed by atoms with van der Waals surface area (Å²) < 4.78 is 0. The second-order valence-corrected chi connectivity index (χ2v) is 1.01. The third kappa shape index (κ3) is 108. The molecule has 5 heavy (non-hydrogen) atoms. The molecule has 0 atom stereocenters. The zero-order chi connectivity index (χ0) is 3.58. The fourth-order valence-corrected chi connectivity index (χ4v) is 0. The summed E-state index contributed by atoms with van der Waals surface area (Å²) in [7, 11) is -1.87. The topological polar surface area (TPSA) is 71.5 Å². The molecule has 0 aromatic rings. The first-order chi connectivity index (χ1) is 1.73. The number of hydrogen-bond acceptors (Lipinski definition) is 1. The zero-order valence-corrected chi connectivity index (χ0v) is 4.15. The maximum atomic E-state index is 5.98. The van der Waals surface area contributed by atoms with Crippen molar-refractivity contribution in [3.63, 3.8) is 0 Å². The molecule has 0 unspecified atom stereocenters. The molecule has 0 bridgehead atoms. The van der Waals surface area contributed by atoms with E-state index in [0.717, 1.165) is 0 Å². The van der Waals surface area contributed by atoms with E-state index in [1.165, 1.54) is 0 Å². The Morgan fingerprint density at radius 1 is 1.40 bits per heavy atom. The van der Waals surface area contributed by atoms with Gasteiger partial charge in [0.1, 0.15) is 0 Å². The van der Waals surface area contributed by atoms with E-state index in [0.29, 0.717) is 0 Å². The monoisotopic (exact) mass is 134 g/mol. The summed E-state index contributed by atoms with van der Waals surface area (Å²) in [5, 5.41) is 5.98. The van der Waals surface area contributed by atoms with Gasteiger partial charge in [0.05, 0.1) is 0 Å². The molecule has 0 fully saturated rings. The van der Waals surface area contributed by atoms with Crippen LogP contribution in [0.2, 0.25) is 0 Å². The van der Waals surface area contributed by atoms with Gasteiger partial charge < -0.3 is 11.0 Å². The van der Waals surface area contributed by atoms with Gasteiger partial charge in [0.15, 0.2) is 0 Å². The molecule has 0 aromatic carbocycles. The van der Waals surface area contributed by atoms with Gasteiger partial charge in [-0.2, -0.15) is 5.16 Å². The second-order valence-electron chi connectivity index (χ2n) is 0.335. The first-order valence-corrected chi connectivity index (χ1v) is 2.01. The summed E-state index contributed by atoms with van der Waals surface area (Å²) in [5.74, 6) is 0. The normalized spacial score (nSPS) is 5.20. The van der Waals surface area contributed by atoms with Crippen molar-refractivity contribution in [2.45, 2.75) is 0 Å². The summed E-state index contributed by atoms with van der Waals surface area (Å²) in [6.45, 7) is 0. The van der Waals surface area contributed by atoms with Crippen LogP contribution < -0.4 is 0 Å². The average Bonchev–Trinajstić information content (AvgIpc) is 0.811. The van der Waals surface area contributed by atoms with E-state index in [1.54, 1.807) is 0 Å². The minimum absolute atomic E-state index is 0. The molecule has 5 heteroatoms. The second kappa shape index (κ2) is 4.51. The van der Waals surface area contributed by atoms with Gasteiger partial charge in [-0.15, -0.1) is 0 Å². The standard InChI is InChI=1S/H3N3P.Ni/c1-4(2)3;/h(H3-,1,2,3);/q-1;. The molecule has 0 rings (SSSR count). The predicted molar refractivity (Wildman–Crippen MR) is 18.3 cm³/mol. The van der Waals surface area contributed by atoms with Crippen molar-refractivity contribution < 1.29 is 16.5 Å². The van der Waals surface area contributed by atoms with Crippen molar-refractivity contribution in [1.82, 2.24) is 0 Å². The molecule has 0 saturated carbocycles. The molecule has 3 nitrogen and oxygen atoms in total. The Balaban J connectivity index is 0. The third-order valence-corrected chi connectivity index (χ3v) is 0. The fourth-order valence-electron chi connectivity index (χ4n) is 0. The van der Waals surface area contributed by atoms with E-state index in [9.17, 15) is 0 Å². The Labute approximate surface area is 41.4 Å². The first-order valence-electron chi connectivity index (χ1n) is 0.671. The Morgan fingerprint density at radius 2 is 1.40 bits per heavy atom. The van der Waals surface area contributed by atoms with Gasteiger partial charge in [-0.1, -0.05) is 0 Å². The minimum Gasteiger partial charge on any atom is -0.448 e. The van der Waals surface area contributed by atoms with Crippen molar-refractivity contribution in [1.29, 1.82) is 5.16 Å². The van der Waals surface area contributed by atoms with Gasteiger partial charge in [0.2, 0.25) is 0 Å². The van der Waals surface area contributed by atoms with Gasteiger partial charge >= 0.3 is 0 Å². The summed E-state index contributed by atoms with van der Waals surface area (Å²) in [6, 6.07) is 0. The summed E-state index contributed by atoms with van der Waals surface area (Å²) in [4.78, 5) is 0. The van der Waals surface area contributed by atoms with E-state index < -0.39 is 8.01 Å². The Kier molecular flexibility index (Phi) is 8.21. The van der Waals surface area contributed by atoms with Crippen molar-refractivity contribution in [3.8, 4) is 0 Å². The van der Waals surface area contributed by atoms with Crippen LogP contribution in [0, 0.1) is 5.16 Å². The molecule has 3 N–H and O–H groups in total. The van der Waals surface area contributed by atoms with E-state index >= 15 is 0 Å². The molecule has 0 aliphatic heterocycles. The molecule has 0 aliphatic rings. The summed E-state index contributed by atoms with van der Waals surface area (Å²) >= 11 is 0. The third-order valence-electron chi connectivity index (χ3n) is 0. The van der Waals surface area contributed by atoms with E-state index in [-0.39, 0.29) is 16.5 Å². The van der Waals surface area contributed by atoms with Crippen molar-refractivity contribution in [3.05, 3.63) is 11.0 Å². The van der Waals surface area contributed by atoms with Crippen LogP contribution in [0.3, 0.4) is 0 Å². The van der Waals surface area contributed by atoms with Crippen LogP contribution in [0.1, 0.15) is 0 Å². The number of hydrogen-bond donors (Lipinski definition) is 1. The molecule has 0 aromatic heterocycles. The maximum absolute atomic E-state index is 5.98. The van der Waals surface area contributed by atoms with Gasteiger partial charge in [-0.3, -0.25) is 0 Å². The quantitative estimate of drug-likeness (QED) is 0.390. The van der Waals surface area contributed by atoms with E-state index in [4.69, 9.17) is 16.2 Å². The van der Waals surface area contributed by atoms with E-state index in [2.05, 4.69) is 0 Å². The van der Waals surface area contributed by atoms with Gasteiger partial charge in [0.25, 0.3) is 0 Å². The van der Waals surface area contributed by atoms with Gasteiger partial charge in [-0.05, 0) is 0 Å². The molecular weight excluding hydrogens is 132 g/mol. The average molecular weight is 135 g/mol. The predicted octanol–water partition coefficient (Wildman–Crippen LogP) is 2.16. The zero-order valence-electron chi connectivity index (χ0n) is 2.26. The number of rotatable bonds is 0. The van der Waals surface area contributed by atoms with Crippen LogP contribution in [-0.2, 0) is 16.5 Å². The molecule has 0 radical (unpaired) electrons. The van der Waals surface area contributed by atoms with Crippen LogP contribution in [0.5, 0.6) is 0 Å². The van der Waals surface area contributed by atoms with Crippen LogP contribution in [0.25, 0.3) is 11.0 Å². The Hall–Kier alpha value is 0.514. The smallest absolute Gasteiger partial charge is 0.0279 e. The van der Waals surface area contributed by atoms with Crippen LogP contribution in [0.4, 0.5) is 0 Å². The SMILES string of the molecule is N=[P+]([NH-])[NH-].[Ni]. The van der Waals surface area contributed by atoms with Crippen molar-refractivity contribution in [2.75, 3.05) is 0 Å². The van der Waals surface area contributed by atoms with Gasteiger partial charge in [-0.25, -0.2) is 0 Å². The van der Waals surface area contributed by atoms with Crippen LogP contribution >= 0.6 is 8.01 Å². The molecule has 0 amide bonds. The minimum atomic E-state index is -1.87. The fraction of sp³-hybridized carbons (Fsp3) is 0. The van der Waals surface area contributed by atoms with Crippen LogP contribution in [0.15, 0.2) is 0 Å². The summed E-state index contributed by atoms with van der Waals surface area (Å²) in [6.07, 6.45) is 0. The molecule has 0 heterocycles. The van der Waals surface area contributed by atoms with Gasteiger partial charge in [0, 0.05) is 24.5 Å². The van der Waals surface area contributed by atoms with Crippen molar-refractivity contribution >= 4 is 8.01 Å². The Bertz CT molecular complexity index is 29.9. The molecule has 0 aliphatic carbocycles. The maximum Gasteiger partial charge on any atom is 0.0279 e. The van der Waals surface area contributed by atoms with E-state index in [1.807, 2.05) is 0 Å². The van der Waals surface area contributed by atoms with Crippen LogP contribution in [-0.4, -0.2) is 0 Å². The Morgan fingerprint density at radius 3 is 1.40 bits per heavy atom. The van der Waals surface area contributed by atoms with Crippen molar-refractivity contribution in [2.24, 2.45) is 0 Å².